The molecule has 0 atom stereocenters. The van der Waals surface area contributed by atoms with E-state index in [1.807, 2.05) is 30.3 Å². The normalized spacial score (nSPS) is 15.2. The highest BCUT2D eigenvalue weighted by Gasteiger charge is 2.13. The Morgan fingerprint density at radius 3 is 2.54 bits per heavy atom. The van der Waals surface area contributed by atoms with Crippen LogP contribution in [-0.4, -0.2) is 25.1 Å². The number of para-hydroxylation sites is 1. The average Bonchev–Trinajstić information content (AvgIpc) is 2.64. The van der Waals surface area contributed by atoms with Gasteiger partial charge in [-0.2, -0.15) is 0 Å². The summed E-state index contributed by atoms with van der Waals surface area (Å²) in [6, 6.07) is 16.6. The van der Waals surface area contributed by atoms with Crippen LogP contribution in [0.5, 0.6) is 5.75 Å². The quantitative estimate of drug-likeness (QED) is 0.759. The lowest BCUT2D eigenvalue weighted by molar-refractivity contribution is 0.218. The summed E-state index contributed by atoms with van der Waals surface area (Å²) in [5, 5.41) is 0. The van der Waals surface area contributed by atoms with E-state index >= 15 is 0 Å². The van der Waals surface area contributed by atoms with Crippen molar-refractivity contribution in [1.82, 2.24) is 10.3 Å². The van der Waals surface area contributed by atoms with Gasteiger partial charge in [0.2, 0.25) is 0 Å². The Kier molecular flexibility index (Phi) is 6.10. The van der Waals surface area contributed by atoms with Crippen LogP contribution in [0.3, 0.4) is 0 Å². The van der Waals surface area contributed by atoms with Gasteiger partial charge >= 0.3 is 0 Å². The van der Waals surface area contributed by atoms with Crippen molar-refractivity contribution >= 4 is 5.69 Å². The zero-order chi connectivity index (χ0) is 16.6. The molecule has 2 aromatic rings. The van der Waals surface area contributed by atoms with Crippen LogP contribution in [-0.2, 0) is 13.1 Å². The molecule has 3 rings (SSSR count). The van der Waals surface area contributed by atoms with Crippen molar-refractivity contribution in [3.05, 3.63) is 59.7 Å². The maximum Gasteiger partial charge on any atom is 0.123 e. The third-order valence-corrected chi connectivity index (χ3v) is 4.49. The SMILES string of the molecule is COc1ccc(CNNc2ccccc2)cc1CN1CCCCC1. The second-order valence-electron chi connectivity index (χ2n) is 6.33. The predicted octanol–water partition coefficient (Wildman–Crippen LogP) is 3.80. The van der Waals surface area contributed by atoms with E-state index in [-0.39, 0.29) is 0 Å². The van der Waals surface area contributed by atoms with E-state index in [2.05, 4.69) is 34.0 Å². The second-order valence-corrected chi connectivity index (χ2v) is 6.33. The molecular formula is C20H27N3O. The van der Waals surface area contributed by atoms with Crippen molar-refractivity contribution in [2.75, 3.05) is 25.6 Å². The molecule has 0 radical (unpaired) electrons. The van der Waals surface area contributed by atoms with E-state index in [0.29, 0.717) is 0 Å². The molecule has 4 heteroatoms. The van der Waals surface area contributed by atoms with Gasteiger partial charge in [0.05, 0.1) is 7.11 Å². The van der Waals surface area contributed by atoms with Crippen LogP contribution in [0, 0.1) is 0 Å². The number of nitrogens with zero attached hydrogens (tertiary/aromatic N) is 1. The van der Waals surface area contributed by atoms with Gasteiger partial charge in [-0.3, -0.25) is 4.90 Å². The number of rotatable bonds is 7. The van der Waals surface area contributed by atoms with E-state index in [4.69, 9.17) is 4.74 Å². The van der Waals surface area contributed by atoms with Crippen molar-refractivity contribution in [3.63, 3.8) is 0 Å². The third-order valence-electron chi connectivity index (χ3n) is 4.49. The molecule has 2 aromatic carbocycles. The maximum atomic E-state index is 5.55. The van der Waals surface area contributed by atoms with Gasteiger partial charge in [-0.25, -0.2) is 5.43 Å². The van der Waals surface area contributed by atoms with Crippen LogP contribution in [0.15, 0.2) is 48.5 Å². The van der Waals surface area contributed by atoms with Crippen LogP contribution in [0.25, 0.3) is 0 Å². The Hall–Kier alpha value is -2.04. The Morgan fingerprint density at radius 1 is 1.00 bits per heavy atom. The topological polar surface area (TPSA) is 36.5 Å². The molecule has 0 saturated carbocycles. The summed E-state index contributed by atoms with van der Waals surface area (Å²) < 4.78 is 5.55. The first-order valence-corrected chi connectivity index (χ1v) is 8.77. The van der Waals surface area contributed by atoms with Gasteiger partial charge in [0, 0.05) is 24.3 Å². The number of hydrogen-bond donors (Lipinski definition) is 2. The fraction of sp³-hybridized carbons (Fsp3) is 0.400. The Balaban J connectivity index is 1.60. The predicted molar refractivity (Wildman–Crippen MR) is 99.0 cm³/mol. The standard InChI is InChI=1S/C20H27N3O/c1-24-20-11-10-17(15-21-22-19-8-4-2-5-9-19)14-18(20)16-23-12-6-3-7-13-23/h2,4-5,8-11,14,21-22H,3,6-7,12-13,15-16H2,1H3. The molecule has 1 aliphatic rings. The minimum atomic E-state index is 0.770. The van der Waals surface area contributed by atoms with Crippen LogP contribution < -0.4 is 15.6 Å². The largest absolute Gasteiger partial charge is 0.496 e. The number of hydrazine groups is 1. The van der Waals surface area contributed by atoms with Gasteiger partial charge in [0.15, 0.2) is 0 Å². The molecule has 0 spiro atoms. The highest BCUT2D eigenvalue weighted by Crippen LogP contribution is 2.23. The number of nitrogens with one attached hydrogen (secondary N) is 2. The molecule has 1 aliphatic heterocycles. The monoisotopic (exact) mass is 325 g/mol. The van der Waals surface area contributed by atoms with Crippen LogP contribution in [0.4, 0.5) is 5.69 Å². The van der Waals surface area contributed by atoms with Gasteiger partial charge in [-0.15, -0.1) is 0 Å². The molecule has 0 bridgehead atoms. The lowest BCUT2D eigenvalue weighted by Gasteiger charge is -2.27. The molecule has 0 amide bonds. The molecule has 24 heavy (non-hydrogen) atoms. The smallest absolute Gasteiger partial charge is 0.123 e. The zero-order valence-electron chi connectivity index (χ0n) is 14.4. The summed E-state index contributed by atoms with van der Waals surface area (Å²) >= 11 is 0. The Morgan fingerprint density at radius 2 is 1.79 bits per heavy atom. The number of methoxy groups -OCH3 is 1. The van der Waals surface area contributed by atoms with E-state index in [1.54, 1.807) is 7.11 Å². The van der Waals surface area contributed by atoms with Gasteiger partial charge in [-0.1, -0.05) is 30.7 Å². The first kappa shape index (κ1) is 16.8. The summed E-state index contributed by atoms with van der Waals surface area (Å²) in [7, 11) is 1.75. The number of anilines is 1. The number of benzene rings is 2. The second kappa shape index (κ2) is 8.71. The lowest BCUT2D eigenvalue weighted by atomic mass is 10.1. The molecule has 0 unspecified atom stereocenters. The first-order chi connectivity index (χ1) is 11.8. The van der Waals surface area contributed by atoms with Crippen molar-refractivity contribution in [1.29, 1.82) is 0 Å². The van der Waals surface area contributed by atoms with Crippen LogP contribution in [0.1, 0.15) is 30.4 Å². The first-order valence-electron chi connectivity index (χ1n) is 8.77. The van der Waals surface area contributed by atoms with E-state index in [9.17, 15) is 0 Å². The Bertz CT molecular complexity index is 624. The third kappa shape index (κ3) is 4.73. The fourth-order valence-corrected chi connectivity index (χ4v) is 3.19. The van der Waals surface area contributed by atoms with Crippen molar-refractivity contribution in [3.8, 4) is 5.75 Å². The van der Waals surface area contributed by atoms with Crippen LogP contribution >= 0.6 is 0 Å². The molecule has 1 heterocycles. The van der Waals surface area contributed by atoms with Gasteiger partial charge in [0.1, 0.15) is 5.75 Å². The van der Waals surface area contributed by atoms with Crippen molar-refractivity contribution in [2.24, 2.45) is 0 Å². The maximum absolute atomic E-state index is 5.55. The molecule has 128 valence electrons. The van der Waals surface area contributed by atoms with Gasteiger partial charge in [0.25, 0.3) is 0 Å². The summed E-state index contributed by atoms with van der Waals surface area (Å²) in [6.07, 6.45) is 3.98. The van der Waals surface area contributed by atoms with E-state index in [1.165, 1.54) is 43.5 Å². The number of likely N-dealkylation sites (tertiary alicyclic amines) is 1. The molecule has 2 N–H and O–H groups in total. The minimum absolute atomic E-state index is 0.770. The molecule has 0 aromatic heterocycles. The molecule has 1 saturated heterocycles. The Labute approximate surface area is 144 Å². The zero-order valence-corrected chi connectivity index (χ0v) is 14.4. The molecule has 0 aliphatic carbocycles. The number of piperidine rings is 1. The summed E-state index contributed by atoms with van der Waals surface area (Å²) in [4.78, 5) is 2.53. The van der Waals surface area contributed by atoms with Gasteiger partial charge in [-0.05, 0) is 55.8 Å². The summed E-state index contributed by atoms with van der Waals surface area (Å²) in [5.74, 6) is 0.986. The average molecular weight is 325 g/mol. The van der Waals surface area contributed by atoms with Crippen molar-refractivity contribution < 1.29 is 4.74 Å². The summed E-state index contributed by atoms with van der Waals surface area (Å²) in [5.41, 5.74) is 10.1. The van der Waals surface area contributed by atoms with Crippen molar-refractivity contribution in [2.45, 2.75) is 32.4 Å². The van der Waals surface area contributed by atoms with E-state index in [0.717, 1.165) is 24.5 Å². The molecule has 4 nitrogen and oxygen atoms in total. The molecule has 1 fully saturated rings. The fourth-order valence-electron chi connectivity index (χ4n) is 3.19. The summed E-state index contributed by atoms with van der Waals surface area (Å²) in [6.45, 7) is 4.14. The lowest BCUT2D eigenvalue weighted by Crippen LogP contribution is -2.29. The number of hydrogen-bond acceptors (Lipinski definition) is 4. The van der Waals surface area contributed by atoms with Crippen LogP contribution in [0.2, 0.25) is 0 Å². The molecular weight excluding hydrogens is 298 g/mol. The highest BCUT2D eigenvalue weighted by molar-refractivity contribution is 5.41. The highest BCUT2D eigenvalue weighted by atomic mass is 16.5. The van der Waals surface area contributed by atoms with E-state index < -0.39 is 0 Å². The number of ether oxygens (including phenoxy) is 1. The van der Waals surface area contributed by atoms with Gasteiger partial charge < -0.3 is 10.2 Å². The minimum Gasteiger partial charge on any atom is -0.496 e.